The smallest absolute Gasteiger partial charge is 0.324 e. The summed E-state index contributed by atoms with van der Waals surface area (Å²) in [4.78, 5) is 33.5. The van der Waals surface area contributed by atoms with Crippen molar-refractivity contribution in [3.63, 3.8) is 0 Å². The van der Waals surface area contributed by atoms with Gasteiger partial charge in [-0.3, -0.25) is 9.69 Å². The minimum Gasteiger partial charge on any atom is -0.393 e. The fraction of sp³-hybridized carbons (Fsp3) is 0.821. The molecular formula is C28H46N6O2S. The zero-order valence-corrected chi connectivity index (χ0v) is 24.3. The van der Waals surface area contributed by atoms with Crippen molar-refractivity contribution < 1.29 is 9.59 Å². The summed E-state index contributed by atoms with van der Waals surface area (Å²) >= 11 is 1.66. The van der Waals surface area contributed by atoms with Gasteiger partial charge in [0.2, 0.25) is 5.91 Å². The highest BCUT2D eigenvalue weighted by molar-refractivity contribution is 8.03. The summed E-state index contributed by atoms with van der Waals surface area (Å²) in [7, 11) is 6.14. The maximum absolute atomic E-state index is 14.0. The standard InChI is InChI=1S/C28H46N6O2S/c1-28(2,3)12-20(16-32(4)5)31-27(36)34(14-17-7-8-17)26(35)19-9-18-10-21-22(13-29)25(30)37-24(21)11-23(18)33(6)15-19/h17-21,23-24H,7-12,14-16,30H2,1-6H3,(H,31,36)/t18-,19-,20?,21?,23-,24?/m1/s1. The highest BCUT2D eigenvalue weighted by atomic mass is 32.2. The lowest BCUT2D eigenvalue weighted by Crippen LogP contribution is -2.57. The van der Waals surface area contributed by atoms with Crippen LogP contribution in [0.1, 0.15) is 59.3 Å². The Hall–Kier alpha value is -1.76. The number of carbonyl (C=O) groups is 2. The fourth-order valence-electron chi connectivity index (χ4n) is 6.75. The van der Waals surface area contributed by atoms with Crippen LogP contribution in [0.25, 0.3) is 0 Å². The van der Waals surface area contributed by atoms with Gasteiger partial charge in [-0.2, -0.15) is 5.26 Å². The normalized spacial score (nSPS) is 30.9. The third-order valence-electron chi connectivity index (χ3n) is 8.49. The molecule has 0 aromatic heterocycles. The first-order valence-corrected chi connectivity index (χ1v) is 14.8. The molecule has 0 aromatic rings. The van der Waals surface area contributed by atoms with Crippen molar-refractivity contribution in [3.8, 4) is 6.07 Å². The van der Waals surface area contributed by atoms with E-state index >= 15 is 0 Å². The van der Waals surface area contributed by atoms with Gasteiger partial charge in [0.1, 0.15) is 0 Å². The molecule has 2 saturated carbocycles. The number of likely N-dealkylation sites (N-methyl/N-ethyl adjacent to an activating group) is 1. The molecule has 6 atom stereocenters. The Kier molecular flexibility index (Phi) is 8.52. The molecule has 3 fully saturated rings. The number of fused-ring (bicyclic) bond motifs is 2. The van der Waals surface area contributed by atoms with Gasteiger partial charge in [0, 0.05) is 42.9 Å². The van der Waals surface area contributed by atoms with Gasteiger partial charge in [-0.15, -0.1) is 11.8 Å². The Balaban J connectivity index is 1.47. The molecule has 0 spiro atoms. The Morgan fingerprint density at radius 1 is 1.24 bits per heavy atom. The van der Waals surface area contributed by atoms with Crippen LogP contribution in [0.2, 0.25) is 0 Å². The van der Waals surface area contributed by atoms with E-state index in [0.29, 0.717) is 41.2 Å². The lowest BCUT2D eigenvalue weighted by molar-refractivity contribution is -0.136. The van der Waals surface area contributed by atoms with E-state index < -0.39 is 0 Å². The van der Waals surface area contributed by atoms with E-state index in [2.05, 4.69) is 49.0 Å². The number of imide groups is 1. The summed E-state index contributed by atoms with van der Waals surface area (Å²) < 4.78 is 0. The van der Waals surface area contributed by atoms with Gasteiger partial charge >= 0.3 is 6.03 Å². The largest absolute Gasteiger partial charge is 0.393 e. The van der Waals surface area contributed by atoms with Crippen LogP contribution in [0.4, 0.5) is 4.79 Å². The molecule has 9 heteroatoms. The van der Waals surface area contributed by atoms with Crippen LogP contribution < -0.4 is 11.1 Å². The highest BCUT2D eigenvalue weighted by Crippen LogP contribution is 2.51. The van der Waals surface area contributed by atoms with E-state index in [4.69, 9.17) is 5.73 Å². The number of nitrogens with one attached hydrogen (secondary N) is 1. The second kappa shape index (κ2) is 11.2. The number of hydrogen-bond donors (Lipinski definition) is 2. The molecule has 3 unspecified atom stereocenters. The molecule has 4 rings (SSSR count). The summed E-state index contributed by atoms with van der Waals surface area (Å²) in [5.41, 5.74) is 6.99. The zero-order chi connectivity index (χ0) is 27.1. The van der Waals surface area contributed by atoms with Crippen LogP contribution in [-0.4, -0.2) is 84.7 Å². The number of nitriles is 1. The number of urea groups is 1. The van der Waals surface area contributed by atoms with Gasteiger partial charge in [0.15, 0.2) is 0 Å². The summed E-state index contributed by atoms with van der Waals surface area (Å²) in [5, 5.41) is 13.9. The maximum atomic E-state index is 14.0. The van der Waals surface area contributed by atoms with Gasteiger partial charge in [-0.1, -0.05) is 20.8 Å². The van der Waals surface area contributed by atoms with Crippen molar-refractivity contribution in [2.24, 2.45) is 34.8 Å². The summed E-state index contributed by atoms with van der Waals surface area (Å²) in [6.07, 6.45) is 5.68. The van der Waals surface area contributed by atoms with Gasteiger partial charge in [0.05, 0.1) is 22.6 Å². The average molecular weight is 531 g/mol. The molecule has 2 aliphatic carbocycles. The Labute approximate surface area is 227 Å². The molecule has 2 heterocycles. The molecule has 3 amide bonds. The van der Waals surface area contributed by atoms with Crippen LogP contribution in [0.5, 0.6) is 0 Å². The van der Waals surface area contributed by atoms with Gasteiger partial charge in [0.25, 0.3) is 0 Å². The van der Waals surface area contributed by atoms with Gasteiger partial charge < -0.3 is 20.9 Å². The molecular weight excluding hydrogens is 484 g/mol. The number of rotatable bonds is 7. The minimum absolute atomic E-state index is 0.0211. The molecule has 3 N–H and O–H groups in total. The molecule has 1 saturated heterocycles. The minimum atomic E-state index is -0.240. The number of likely N-dealkylation sites (tertiary alicyclic amines) is 1. The quantitative estimate of drug-likeness (QED) is 0.519. The van der Waals surface area contributed by atoms with Gasteiger partial charge in [-0.05, 0) is 76.9 Å². The fourth-order valence-corrected chi connectivity index (χ4v) is 8.11. The van der Waals surface area contributed by atoms with Crippen molar-refractivity contribution >= 4 is 23.7 Å². The van der Waals surface area contributed by atoms with E-state index in [0.717, 1.165) is 50.6 Å². The topological polar surface area (TPSA) is 106 Å². The van der Waals surface area contributed by atoms with Crippen LogP contribution in [0, 0.1) is 40.4 Å². The van der Waals surface area contributed by atoms with Crippen molar-refractivity contribution in [2.75, 3.05) is 40.8 Å². The molecule has 0 bridgehead atoms. The van der Waals surface area contributed by atoms with Crippen LogP contribution in [-0.2, 0) is 4.79 Å². The number of carbonyl (C=O) groups excluding carboxylic acids is 2. The van der Waals surface area contributed by atoms with E-state index in [1.807, 2.05) is 14.1 Å². The molecule has 4 aliphatic rings. The third-order valence-corrected chi connectivity index (χ3v) is 9.79. The number of hydrogen-bond acceptors (Lipinski definition) is 7. The lowest BCUT2D eigenvalue weighted by Gasteiger charge is -2.48. The van der Waals surface area contributed by atoms with Gasteiger partial charge in [-0.25, -0.2) is 4.79 Å². The van der Waals surface area contributed by atoms with Crippen molar-refractivity contribution in [1.82, 2.24) is 20.0 Å². The first kappa shape index (κ1) is 28.3. The molecule has 2 aliphatic heterocycles. The molecule has 37 heavy (non-hydrogen) atoms. The van der Waals surface area contributed by atoms with E-state index in [-0.39, 0.29) is 35.2 Å². The second-order valence-corrected chi connectivity index (χ2v) is 14.7. The van der Waals surface area contributed by atoms with Crippen molar-refractivity contribution in [3.05, 3.63) is 10.6 Å². The second-order valence-electron chi connectivity index (χ2n) is 13.4. The number of allylic oxidation sites excluding steroid dienone is 1. The zero-order valence-electron chi connectivity index (χ0n) is 23.5. The Morgan fingerprint density at radius 3 is 2.54 bits per heavy atom. The van der Waals surface area contributed by atoms with Crippen LogP contribution in [0.15, 0.2) is 10.6 Å². The van der Waals surface area contributed by atoms with Crippen molar-refractivity contribution in [2.45, 2.75) is 76.6 Å². The lowest BCUT2D eigenvalue weighted by atomic mass is 9.69. The Morgan fingerprint density at radius 2 is 1.95 bits per heavy atom. The third kappa shape index (κ3) is 6.82. The summed E-state index contributed by atoms with van der Waals surface area (Å²) in [6, 6.07) is 2.48. The molecule has 0 aromatic carbocycles. The number of nitrogens with zero attached hydrogens (tertiary/aromatic N) is 4. The monoisotopic (exact) mass is 530 g/mol. The first-order valence-electron chi connectivity index (χ1n) is 13.9. The Bertz CT molecular complexity index is 949. The van der Waals surface area contributed by atoms with E-state index in [1.165, 1.54) is 4.90 Å². The van der Waals surface area contributed by atoms with E-state index in [9.17, 15) is 14.9 Å². The number of thioether (sulfide) groups is 1. The highest BCUT2D eigenvalue weighted by Gasteiger charge is 2.49. The van der Waals surface area contributed by atoms with Crippen LogP contribution in [0.3, 0.4) is 0 Å². The number of nitrogens with two attached hydrogens (primary N) is 1. The number of piperidine rings is 1. The molecule has 8 nitrogen and oxygen atoms in total. The predicted octanol–water partition coefficient (Wildman–Crippen LogP) is 3.46. The van der Waals surface area contributed by atoms with Crippen molar-refractivity contribution in [1.29, 1.82) is 5.26 Å². The molecule has 0 radical (unpaired) electrons. The average Bonchev–Trinajstić information content (AvgIpc) is 3.55. The summed E-state index contributed by atoms with van der Waals surface area (Å²) in [5.74, 6) is 0.706. The summed E-state index contributed by atoms with van der Waals surface area (Å²) in [6.45, 7) is 8.48. The predicted molar refractivity (Wildman–Crippen MR) is 148 cm³/mol. The van der Waals surface area contributed by atoms with Crippen LogP contribution >= 0.6 is 11.8 Å². The first-order chi connectivity index (χ1) is 17.4. The van der Waals surface area contributed by atoms with E-state index in [1.54, 1.807) is 11.8 Å². The number of amides is 3. The molecule has 206 valence electrons. The maximum Gasteiger partial charge on any atom is 0.324 e. The SMILES string of the molecule is CN(C)CC(CC(C)(C)C)NC(=O)N(CC1CC1)C(=O)[C@@H]1C[C@@H]2CC3C(C#N)=C(N)SC3C[C@H]2N(C)C1.